The van der Waals surface area contributed by atoms with Crippen molar-refractivity contribution < 1.29 is 13.2 Å². The smallest absolute Gasteiger partial charge is 0.259 e. The van der Waals surface area contributed by atoms with Crippen LogP contribution in [0.25, 0.3) is 0 Å². The number of halogens is 1. The summed E-state index contributed by atoms with van der Waals surface area (Å²) in [5.74, 6) is 0.695. The van der Waals surface area contributed by atoms with Crippen LogP contribution in [0.3, 0.4) is 0 Å². The minimum atomic E-state index is -3.53. The van der Waals surface area contributed by atoms with E-state index in [9.17, 15) is 8.42 Å². The molecule has 1 aromatic heterocycles. The van der Waals surface area contributed by atoms with E-state index in [1.54, 1.807) is 24.8 Å². The summed E-state index contributed by atoms with van der Waals surface area (Å²) in [5, 5.41) is 0.0738. The number of sulfonamides is 1. The van der Waals surface area contributed by atoms with Crippen LogP contribution < -0.4 is 4.72 Å². The van der Waals surface area contributed by atoms with Crippen molar-refractivity contribution >= 4 is 26.0 Å². The van der Waals surface area contributed by atoms with Gasteiger partial charge in [0, 0.05) is 31.2 Å². The predicted octanol–water partition coefficient (Wildman–Crippen LogP) is 1.29. The Bertz CT molecular complexity index is 501. The average molecular weight is 354 g/mol. The SMILES string of the molecule is CCn1cc(S(=O)(=O)NCCC(Br)COC)nc1C. The highest BCUT2D eigenvalue weighted by atomic mass is 79.9. The van der Waals surface area contributed by atoms with Crippen molar-refractivity contribution in [2.75, 3.05) is 20.3 Å². The number of rotatable bonds is 8. The van der Waals surface area contributed by atoms with Gasteiger partial charge in [-0.3, -0.25) is 0 Å². The summed E-state index contributed by atoms with van der Waals surface area (Å²) in [5.41, 5.74) is 0. The van der Waals surface area contributed by atoms with Gasteiger partial charge in [0.1, 0.15) is 5.82 Å². The first-order chi connectivity index (χ1) is 8.90. The van der Waals surface area contributed by atoms with Crippen molar-refractivity contribution in [2.24, 2.45) is 0 Å². The van der Waals surface area contributed by atoms with Crippen molar-refractivity contribution in [3.8, 4) is 0 Å². The Labute approximate surface area is 122 Å². The van der Waals surface area contributed by atoms with Crippen molar-refractivity contribution in [1.82, 2.24) is 14.3 Å². The fourth-order valence-corrected chi connectivity index (χ4v) is 3.16. The van der Waals surface area contributed by atoms with Crippen LogP contribution in [-0.4, -0.2) is 43.1 Å². The molecule has 1 N–H and O–H groups in total. The van der Waals surface area contributed by atoms with Gasteiger partial charge >= 0.3 is 0 Å². The highest BCUT2D eigenvalue weighted by Gasteiger charge is 2.18. The zero-order valence-corrected chi connectivity index (χ0v) is 13.8. The molecule has 110 valence electrons. The number of methoxy groups -OCH3 is 1. The fourth-order valence-electron chi connectivity index (χ4n) is 1.62. The van der Waals surface area contributed by atoms with Gasteiger partial charge in [-0.15, -0.1) is 0 Å². The Kier molecular flexibility index (Phi) is 6.45. The first-order valence-corrected chi connectivity index (χ1v) is 8.47. The molecule has 1 aromatic rings. The van der Waals surface area contributed by atoms with Gasteiger partial charge in [-0.2, -0.15) is 0 Å². The number of hydrogen-bond acceptors (Lipinski definition) is 4. The third-order valence-electron chi connectivity index (χ3n) is 2.67. The van der Waals surface area contributed by atoms with Gasteiger partial charge in [0.15, 0.2) is 5.03 Å². The van der Waals surface area contributed by atoms with E-state index in [1.807, 2.05) is 6.92 Å². The number of alkyl halides is 1. The molecule has 19 heavy (non-hydrogen) atoms. The number of hydrogen-bond donors (Lipinski definition) is 1. The lowest BCUT2D eigenvalue weighted by atomic mass is 10.3. The Morgan fingerprint density at radius 1 is 1.58 bits per heavy atom. The van der Waals surface area contributed by atoms with Crippen LogP contribution >= 0.6 is 15.9 Å². The molecular formula is C11H20BrN3O3S. The number of ether oxygens (including phenoxy) is 1. The van der Waals surface area contributed by atoms with Crippen LogP contribution in [0, 0.1) is 6.92 Å². The molecule has 8 heteroatoms. The summed E-state index contributed by atoms with van der Waals surface area (Å²) in [6.07, 6.45) is 2.21. The van der Waals surface area contributed by atoms with Gasteiger partial charge in [0.05, 0.1) is 6.61 Å². The summed E-state index contributed by atoms with van der Waals surface area (Å²) in [7, 11) is -1.92. The van der Waals surface area contributed by atoms with Gasteiger partial charge in [-0.25, -0.2) is 18.1 Å². The molecule has 1 atom stereocenters. The van der Waals surface area contributed by atoms with Crippen molar-refractivity contribution in [3.63, 3.8) is 0 Å². The van der Waals surface area contributed by atoms with Crippen LogP contribution in [0.5, 0.6) is 0 Å². The lowest BCUT2D eigenvalue weighted by molar-refractivity contribution is 0.199. The second-order valence-electron chi connectivity index (χ2n) is 4.15. The standard InChI is InChI=1S/C11H20BrN3O3S/c1-4-15-7-11(14-9(15)2)19(16,17)13-6-5-10(12)8-18-3/h7,10,13H,4-6,8H2,1-3H3. The van der Waals surface area contributed by atoms with Gasteiger partial charge in [0.25, 0.3) is 10.0 Å². The van der Waals surface area contributed by atoms with E-state index in [4.69, 9.17) is 4.74 Å². The lowest BCUT2D eigenvalue weighted by Crippen LogP contribution is -2.27. The topological polar surface area (TPSA) is 73.2 Å². The third-order valence-corrected chi connectivity index (χ3v) is 4.72. The van der Waals surface area contributed by atoms with E-state index < -0.39 is 10.0 Å². The lowest BCUT2D eigenvalue weighted by Gasteiger charge is -2.08. The van der Waals surface area contributed by atoms with Crippen molar-refractivity contribution in [1.29, 1.82) is 0 Å². The number of aryl methyl sites for hydroxylation is 2. The van der Waals surface area contributed by atoms with Crippen LogP contribution in [0.1, 0.15) is 19.2 Å². The molecule has 0 spiro atoms. The van der Waals surface area contributed by atoms with Crippen molar-refractivity contribution in [2.45, 2.75) is 36.7 Å². The molecule has 0 saturated carbocycles. The first kappa shape index (κ1) is 16.6. The molecule has 0 bridgehead atoms. The summed E-state index contributed by atoms with van der Waals surface area (Å²) in [6, 6.07) is 0. The number of imidazole rings is 1. The minimum Gasteiger partial charge on any atom is -0.384 e. The first-order valence-electron chi connectivity index (χ1n) is 6.07. The molecule has 0 radical (unpaired) electrons. The van der Waals surface area contributed by atoms with E-state index in [0.717, 1.165) is 0 Å². The number of nitrogens with one attached hydrogen (secondary N) is 1. The molecule has 0 aliphatic carbocycles. The third kappa shape index (κ3) is 4.87. The summed E-state index contributed by atoms with van der Waals surface area (Å²) >= 11 is 3.41. The zero-order valence-electron chi connectivity index (χ0n) is 11.4. The van der Waals surface area contributed by atoms with E-state index in [1.165, 1.54) is 0 Å². The Morgan fingerprint density at radius 2 is 2.26 bits per heavy atom. The molecule has 0 aliphatic rings. The zero-order chi connectivity index (χ0) is 14.5. The quantitative estimate of drug-likeness (QED) is 0.714. The van der Waals surface area contributed by atoms with E-state index in [2.05, 4.69) is 25.6 Å². The average Bonchev–Trinajstić information content (AvgIpc) is 2.71. The van der Waals surface area contributed by atoms with E-state index >= 15 is 0 Å². The van der Waals surface area contributed by atoms with Gasteiger partial charge in [-0.1, -0.05) is 15.9 Å². The maximum atomic E-state index is 12.0. The van der Waals surface area contributed by atoms with Gasteiger partial charge in [-0.05, 0) is 20.3 Å². The molecule has 1 unspecified atom stereocenters. The molecule has 1 rings (SSSR count). The maximum Gasteiger partial charge on any atom is 0.259 e. The summed E-state index contributed by atoms with van der Waals surface area (Å²) in [4.78, 5) is 4.20. The fraction of sp³-hybridized carbons (Fsp3) is 0.727. The predicted molar refractivity (Wildman–Crippen MR) is 77.0 cm³/mol. The van der Waals surface area contributed by atoms with Crippen LogP contribution in [0.15, 0.2) is 11.2 Å². The van der Waals surface area contributed by atoms with Crippen LogP contribution in [0.2, 0.25) is 0 Å². The van der Waals surface area contributed by atoms with E-state index in [-0.39, 0.29) is 9.85 Å². The monoisotopic (exact) mass is 353 g/mol. The summed E-state index contributed by atoms with van der Waals surface area (Å²) in [6.45, 7) is 5.32. The minimum absolute atomic E-state index is 0.0738. The molecule has 0 aromatic carbocycles. The molecule has 0 amide bonds. The molecule has 0 saturated heterocycles. The van der Waals surface area contributed by atoms with Crippen molar-refractivity contribution in [3.05, 3.63) is 12.0 Å². The second-order valence-corrected chi connectivity index (χ2v) is 7.16. The van der Waals surface area contributed by atoms with Gasteiger partial charge in [0.2, 0.25) is 0 Å². The normalized spacial score (nSPS) is 13.7. The Balaban J connectivity index is 2.60. The Morgan fingerprint density at radius 3 is 2.79 bits per heavy atom. The summed E-state index contributed by atoms with van der Waals surface area (Å²) < 4.78 is 33.3. The molecule has 6 nitrogen and oxygen atoms in total. The highest BCUT2D eigenvalue weighted by Crippen LogP contribution is 2.10. The molecule has 1 heterocycles. The molecular weight excluding hydrogens is 334 g/mol. The molecule has 0 fully saturated rings. The number of nitrogens with zero attached hydrogens (tertiary/aromatic N) is 2. The van der Waals surface area contributed by atoms with E-state index in [0.29, 0.717) is 31.9 Å². The van der Waals surface area contributed by atoms with Crippen LogP contribution in [-0.2, 0) is 21.3 Å². The van der Waals surface area contributed by atoms with Crippen LogP contribution in [0.4, 0.5) is 0 Å². The second kappa shape index (κ2) is 7.37. The Hall–Kier alpha value is -0.440. The van der Waals surface area contributed by atoms with Gasteiger partial charge < -0.3 is 9.30 Å². The molecule has 0 aliphatic heterocycles. The largest absolute Gasteiger partial charge is 0.384 e. The number of aromatic nitrogens is 2. The maximum absolute atomic E-state index is 12.0. The highest BCUT2D eigenvalue weighted by molar-refractivity contribution is 9.09.